The van der Waals surface area contributed by atoms with Crippen molar-refractivity contribution in [1.82, 2.24) is 0 Å². The maximum atomic E-state index is 12.7. The molecule has 134 valence electrons. The molecular formula is C22H16O5. The Bertz CT molecular complexity index is 988. The minimum atomic E-state index is -1.75. The third kappa shape index (κ3) is 2.56. The fourth-order valence-electron chi connectivity index (χ4n) is 3.51. The Kier molecular flexibility index (Phi) is 3.62. The summed E-state index contributed by atoms with van der Waals surface area (Å²) in [6, 6.07) is 25.8. The van der Waals surface area contributed by atoms with Gasteiger partial charge in [-0.3, -0.25) is 4.74 Å². The molecule has 2 aliphatic rings. The molecular weight excluding hydrogens is 344 g/mol. The summed E-state index contributed by atoms with van der Waals surface area (Å²) >= 11 is 0. The molecule has 2 heterocycles. The molecule has 3 aromatic carbocycles. The second-order valence-corrected chi connectivity index (χ2v) is 6.53. The molecule has 2 atom stereocenters. The first-order valence-electron chi connectivity index (χ1n) is 8.70. The van der Waals surface area contributed by atoms with E-state index in [9.17, 15) is 4.79 Å². The fourth-order valence-corrected chi connectivity index (χ4v) is 3.51. The van der Waals surface area contributed by atoms with E-state index in [0.717, 1.165) is 11.1 Å². The molecule has 5 heteroatoms. The third-order valence-corrected chi connectivity index (χ3v) is 4.81. The molecule has 0 radical (unpaired) electrons. The van der Waals surface area contributed by atoms with Crippen molar-refractivity contribution in [3.05, 3.63) is 107 Å². The maximum absolute atomic E-state index is 12.7. The number of benzene rings is 3. The lowest BCUT2D eigenvalue weighted by Crippen LogP contribution is -2.43. The fraction of sp³-hybridized carbons (Fsp3) is 0.136. The molecule has 27 heavy (non-hydrogen) atoms. The van der Waals surface area contributed by atoms with Gasteiger partial charge in [0.2, 0.25) is 5.79 Å². The predicted octanol–water partition coefficient (Wildman–Crippen LogP) is 4.04. The third-order valence-electron chi connectivity index (χ3n) is 4.81. The standard InChI is InChI=1S/C22H16O5/c23-20(16-9-3-1-4-10-16)24-22-19-14-8-7-11-17(19)15-21(25-22,26-27-22)18-12-5-2-6-13-18/h1-14H,15H2. The summed E-state index contributed by atoms with van der Waals surface area (Å²) in [5.74, 6) is -3.48. The summed E-state index contributed by atoms with van der Waals surface area (Å²) in [7, 11) is 0. The smallest absolute Gasteiger partial charge is 0.388 e. The van der Waals surface area contributed by atoms with Crippen LogP contribution in [0.25, 0.3) is 0 Å². The number of rotatable bonds is 3. The van der Waals surface area contributed by atoms with Crippen molar-refractivity contribution in [3.8, 4) is 0 Å². The van der Waals surface area contributed by atoms with Gasteiger partial charge in [-0.25, -0.2) is 4.79 Å². The van der Waals surface area contributed by atoms with E-state index in [1.807, 2.05) is 60.7 Å². The van der Waals surface area contributed by atoms with E-state index in [-0.39, 0.29) is 0 Å². The first kappa shape index (κ1) is 16.2. The lowest BCUT2D eigenvalue weighted by Gasteiger charge is -2.35. The highest BCUT2D eigenvalue weighted by Crippen LogP contribution is 2.53. The molecule has 5 nitrogen and oxygen atoms in total. The van der Waals surface area contributed by atoms with E-state index < -0.39 is 17.7 Å². The highest BCUT2D eigenvalue weighted by Gasteiger charge is 2.62. The molecule has 0 aromatic heterocycles. The first-order valence-corrected chi connectivity index (χ1v) is 8.70. The van der Waals surface area contributed by atoms with E-state index >= 15 is 0 Å². The van der Waals surface area contributed by atoms with E-state index in [1.165, 1.54) is 0 Å². The second-order valence-electron chi connectivity index (χ2n) is 6.53. The SMILES string of the molecule is O=C(OC12OOC(c3ccccc3)(Cc3ccccc31)O2)c1ccccc1. The van der Waals surface area contributed by atoms with Gasteiger partial charge < -0.3 is 4.74 Å². The second kappa shape index (κ2) is 6.03. The van der Waals surface area contributed by atoms with Crippen molar-refractivity contribution < 1.29 is 24.0 Å². The van der Waals surface area contributed by atoms with Crippen LogP contribution >= 0.6 is 0 Å². The van der Waals surface area contributed by atoms with Crippen LogP contribution in [-0.2, 0) is 37.4 Å². The topological polar surface area (TPSA) is 54.0 Å². The van der Waals surface area contributed by atoms with Crippen LogP contribution in [0.2, 0.25) is 0 Å². The van der Waals surface area contributed by atoms with E-state index in [1.54, 1.807) is 24.3 Å². The number of esters is 1. The van der Waals surface area contributed by atoms with Gasteiger partial charge in [-0.15, -0.1) is 0 Å². The molecule has 2 aliphatic heterocycles. The number of carbonyl (C=O) groups excluding carboxylic acids is 1. The summed E-state index contributed by atoms with van der Waals surface area (Å²) in [6.07, 6.45) is 0.442. The van der Waals surface area contributed by atoms with Crippen molar-refractivity contribution in [2.24, 2.45) is 0 Å². The van der Waals surface area contributed by atoms with Gasteiger partial charge >= 0.3 is 11.9 Å². The zero-order valence-corrected chi connectivity index (χ0v) is 14.3. The summed E-state index contributed by atoms with van der Waals surface area (Å²) in [6.45, 7) is 0. The molecule has 2 unspecified atom stereocenters. The summed E-state index contributed by atoms with van der Waals surface area (Å²) in [4.78, 5) is 24.0. The number of hydrogen-bond donors (Lipinski definition) is 0. The summed E-state index contributed by atoms with van der Waals surface area (Å²) in [5, 5.41) is 0. The predicted molar refractivity (Wildman–Crippen MR) is 95.1 cm³/mol. The van der Waals surface area contributed by atoms with Crippen LogP contribution in [0.3, 0.4) is 0 Å². The van der Waals surface area contributed by atoms with Gasteiger partial charge in [0, 0.05) is 12.0 Å². The van der Waals surface area contributed by atoms with Crippen LogP contribution in [0.15, 0.2) is 84.9 Å². The molecule has 0 spiro atoms. The average molecular weight is 360 g/mol. The zero-order valence-electron chi connectivity index (χ0n) is 14.3. The number of ether oxygens (including phenoxy) is 2. The van der Waals surface area contributed by atoms with Crippen molar-refractivity contribution in [3.63, 3.8) is 0 Å². The van der Waals surface area contributed by atoms with Crippen LogP contribution in [0.5, 0.6) is 0 Å². The van der Waals surface area contributed by atoms with Crippen LogP contribution in [0, 0.1) is 0 Å². The summed E-state index contributed by atoms with van der Waals surface area (Å²) < 4.78 is 11.9. The van der Waals surface area contributed by atoms with Gasteiger partial charge in [0.05, 0.1) is 11.1 Å². The number of carbonyl (C=O) groups is 1. The van der Waals surface area contributed by atoms with Crippen molar-refractivity contribution >= 4 is 5.97 Å². The zero-order chi connectivity index (χ0) is 18.3. The Labute approximate surface area is 156 Å². The summed E-state index contributed by atoms with van der Waals surface area (Å²) in [5.41, 5.74) is 2.75. The molecule has 0 aliphatic carbocycles. The molecule has 3 aromatic rings. The van der Waals surface area contributed by atoms with E-state index in [4.69, 9.17) is 19.2 Å². The monoisotopic (exact) mass is 360 g/mol. The number of hydrogen-bond acceptors (Lipinski definition) is 5. The first-order chi connectivity index (χ1) is 13.2. The van der Waals surface area contributed by atoms with Crippen molar-refractivity contribution in [2.75, 3.05) is 0 Å². The van der Waals surface area contributed by atoms with Gasteiger partial charge in [0.25, 0.3) is 0 Å². The molecule has 1 fully saturated rings. The normalized spacial score (nSPS) is 25.6. The average Bonchev–Trinajstić information content (AvgIpc) is 3.04. The largest absolute Gasteiger partial charge is 0.398 e. The minimum absolute atomic E-state index is 0.402. The minimum Gasteiger partial charge on any atom is -0.398 e. The van der Waals surface area contributed by atoms with Gasteiger partial charge in [-0.1, -0.05) is 66.7 Å². The van der Waals surface area contributed by atoms with Crippen molar-refractivity contribution in [1.29, 1.82) is 0 Å². The van der Waals surface area contributed by atoms with E-state index in [2.05, 4.69) is 0 Å². The lowest BCUT2D eigenvalue weighted by atomic mass is 9.91. The van der Waals surface area contributed by atoms with Crippen LogP contribution in [0.1, 0.15) is 27.0 Å². The molecule has 1 saturated heterocycles. The maximum Gasteiger partial charge on any atom is 0.388 e. The van der Waals surface area contributed by atoms with Crippen LogP contribution in [-0.4, -0.2) is 5.97 Å². The Balaban J connectivity index is 1.58. The molecule has 5 rings (SSSR count). The molecule has 0 amide bonds. The Morgan fingerprint density at radius 3 is 2.26 bits per heavy atom. The van der Waals surface area contributed by atoms with Crippen LogP contribution < -0.4 is 0 Å². The molecule has 0 saturated carbocycles. The van der Waals surface area contributed by atoms with E-state index in [0.29, 0.717) is 17.5 Å². The highest BCUT2D eigenvalue weighted by molar-refractivity contribution is 5.89. The van der Waals surface area contributed by atoms with Gasteiger partial charge in [-0.05, 0) is 23.8 Å². The lowest BCUT2D eigenvalue weighted by molar-refractivity contribution is -0.409. The number of fused-ring (bicyclic) bond motifs is 4. The van der Waals surface area contributed by atoms with Crippen LogP contribution in [0.4, 0.5) is 0 Å². The quantitative estimate of drug-likeness (QED) is 0.521. The molecule has 2 bridgehead atoms. The van der Waals surface area contributed by atoms with Gasteiger partial charge in [0.15, 0.2) is 0 Å². The van der Waals surface area contributed by atoms with Gasteiger partial charge in [-0.2, -0.15) is 9.78 Å². The van der Waals surface area contributed by atoms with Crippen molar-refractivity contribution in [2.45, 2.75) is 18.2 Å². The Morgan fingerprint density at radius 2 is 1.48 bits per heavy atom. The molecule has 0 N–H and O–H groups in total. The van der Waals surface area contributed by atoms with Gasteiger partial charge in [0.1, 0.15) is 0 Å². The highest BCUT2D eigenvalue weighted by atomic mass is 17.3. The Hall–Kier alpha value is -2.99. The Morgan fingerprint density at radius 1 is 0.815 bits per heavy atom.